The maximum absolute atomic E-state index is 5.77. The second kappa shape index (κ2) is 1.53. The van der Waals surface area contributed by atoms with Crippen LogP contribution in [0.1, 0.15) is 0 Å². The molecule has 3 saturated heterocycles. The molecule has 2 N–H and O–H groups in total. The van der Waals surface area contributed by atoms with Crippen molar-refractivity contribution < 1.29 is 14.2 Å². The molecule has 5 atom stereocenters. The molecule has 56 valence electrons. The van der Waals surface area contributed by atoms with Gasteiger partial charge >= 0.3 is 0 Å². The third-order valence-electron chi connectivity index (χ3n) is 2.37. The minimum absolute atomic E-state index is 0.0312. The molecule has 3 heterocycles. The van der Waals surface area contributed by atoms with Gasteiger partial charge in [0.05, 0.1) is 12.6 Å². The van der Waals surface area contributed by atoms with Crippen LogP contribution in [0.15, 0.2) is 0 Å². The maximum atomic E-state index is 5.77. The van der Waals surface area contributed by atoms with E-state index in [1.54, 1.807) is 0 Å². The van der Waals surface area contributed by atoms with Crippen molar-refractivity contribution in [1.29, 1.82) is 0 Å². The van der Waals surface area contributed by atoms with Crippen LogP contribution in [0.5, 0.6) is 0 Å². The lowest BCUT2D eigenvalue weighted by atomic mass is 10.1. The molecule has 0 spiro atoms. The quantitative estimate of drug-likeness (QED) is 0.434. The Bertz CT molecular complexity index is 172. The van der Waals surface area contributed by atoms with E-state index in [1.165, 1.54) is 0 Å². The lowest BCUT2D eigenvalue weighted by molar-refractivity contribution is -0.0814. The highest BCUT2D eigenvalue weighted by Crippen LogP contribution is 2.40. The van der Waals surface area contributed by atoms with Gasteiger partial charge in [-0.15, -0.1) is 0 Å². The summed E-state index contributed by atoms with van der Waals surface area (Å²) in [4.78, 5) is 0. The average molecular weight is 143 g/mol. The Balaban J connectivity index is 1.91. The van der Waals surface area contributed by atoms with Crippen molar-refractivity contribution in [3.63, 3.8) is 0 Å². The van der Waals surface area contributed by atoms with E-state index in [0.717, 1.165) is 0 Å². The Hall–Kier alpha value is -0.160. The number of ether oxygens (including phenoxy) is 3. The van der Waals surface area contributed by atoms with E-state index in [1.807, 2.05) is 0 Å². The predicted octanol–water partition coefficient (Wildman–Crippen LogP) is -1.16. The SMILES string of the molecule is NC1C2COC(O2)C2OC12. The molecule has 0 saturated carbocycles. The first-order chi connectivity index (χ1) is 4.86. The third-order valence-corrected chi connectivity index (χ3v) is 2.37. The number of epoxide rings is 1. The van der Waals surface area contributed by atoms with E-state index in [-0.39, 0.29) is 30.6 Å². The van der Waals surface area contributed by atoms with E-state index < -0.39 is 0 Å². The van der Waals surface area contributed by atoms with Crippen LogP contribution in [0.4, 0.5) is 0 Å². The summed E-state index contributed by atoms with van der Waals surface area (Å²) >= 11 is 0. The first kappa shape index (κ1) is 5.49. The summed E-state index contributed by atoms with van der Waals surface area (Å²) in [6.07, 6.45) is 0.309. The van der Waals surface area contributed by atoms with Crippen LogP contribution in [0.3, 0.4) is 0 Å². The van der Waals surface area contributed by atoms with Crippen LogP contribution in [0.2, 0.25) is 0 Å². The van der Waals surface area contributed by atoms with Crippen LogP contribution in [0, 0.1) is 0 Å². The van der Waals surface area contributed by atoms with Gasteiger partial charge in [0.2, 0.25) is 0 Å². The van der Waals surface area contributed by atoms with Crippen molar-refractivity contribution in [3.05, 3.63) is 0 Å². The first-order valence-corrected chi connectivity index (χ1v) is 3.54. The largest absolute Gasteiger partial charge is 0.362 e. The van der Waals surface area contributed by atoms with Crippen LogP contribution in [-0.2, 0) is 14.2 Å². The molecule has 3 fully saturated rings. The molecule has 0 aromatic heterocycles. The van der Waals surface area contributed by atoms with Gasteiger partial charge in [-0.1, -0.05) is 0 Å². The summed E-state index contributed by atoms with van der Waals surface area (Å²) in [5.74, 6) is 0. The molecule has 0 aromatic rings. The number of hydrogen-bond acceptors (Lipinski definition) is 4. The van der Waals surface area contributed by atoms with Crippen molar-refractivity contribution in [2.45, 2.75) is 30.6 Å². The van der Waals surface area contributed by atoms with Crippen LogP contribution < -0.4 is 5.73 Å². The Morgan fingerprint density at radius 1 is 1.20 bits per heavy atom. The van der Waals surface area contributed by atoms with E-state index in [9.17, 15) is 0 Å². The van der Waals surface area contributed by atoms with E-state index in [0.29, 0.717) is 6.61 Å². The van der Waals surface area contributed by atoms with E-state index in [4.69, 9.17) is 19.9 Å². The minimum atomic E-state index is -0.116. The third kappa shape index (κ3) is 0.509. The molecule has 4 heteroatoms. The zero-order valence-electron chi connectivity index (χ0n) is 5.40. The summed E-state index contributed by atoms with van der Waals surface area (Å²) in [6.45, 7) is 0.641. The molecular weight excluding hydrogens is 134 g/mol. The molecule has 0 amide bonds. The summed E-state index contributed by atoms with van der Waals surface area (Å²) < 4.78 is 15.9. The summed E-state index contributed by atoms with van der Waals surface area (Å²) in [6, 6.07) is 0.0312. The van der Waals surface area contributed by atoms with Crippen molar-refractivity contribution in [1.82, 2.24) is 0 Å². The van der Waals surface area contributed by atoms with Gasteiger partial charge in [-0.25, -0.2) is 0 Å². The summed E-state index contributed by atoms with van der Waals surface area (Å²) in [7, 11) is 0. The number of hydrogen-bond donors (Lipinski definition) is 1. The van der Waals surface area contributed by atoms with Crippen molar-refractivity contribution in [2.75, 3.05) is 6.61 Å². The Morgan fingerprint density at radius 3 is 3.00 bits per heavy atom. The van der Waals surface area contributed by atoms with Crippen molar-refractivity contribution in [3.8, 4) is 0 Å². The lowest BCUT2D eigenvalue weighted by Gasteiger charge is -2.19. The smallest absolute Gasteiger partial charge is 0.186 e. The number of fused-ring (bicyclic) bond motifs is 4. The fourth-order valence-electron chi connectivity index (χ4n) is 1.69. The number of nitrogens with two attached hydrogens (primary N) is 1. The van der Waals surface area contributed by atoms with Gasteiger partial charge in [-0.05, 0) is 0 Å². The summed E-state index contributed by atoms with van der Waals surface area (Å²) in [5.41, 5.74) is 5.77. The lowest BCUT2D eigenvalue weighted by Crippen LogP contribution is -2.45. The normalized spacial score (nSPS) is 63.9. The molecule has 0 radical (unpaired) electrons. The molecular formula is C6H9NO3. The van der Waals surface area contributed by atoms with Gasteiger partial charge < -0.3 is 19.9 Å². The van der Waals surface area contributed by atoms with E-state index in [2.05, 4.69) is 0 Å². The average Bonchev–Trinajstić information content (AvgIpc) is 2.61. The highest BCUT2D eigenvalue weighted by atomic mass is 16.8. The molecule has 3 aliphatic heterocycles. The summed E-state index contributed by atoms with van der Waals surface area (Å²) in [5, 5.41) is 0. The van der Waals surface area contributed by atoms with Crippen LogP contribution in [-0.4, -0.2) is 37.3 Å². The maximum Gasteiger partial charge on any atom is 0.186 e. The second-order valence-corrected chi connectivity index (χ2v) is 3.02. The van der Waals surface area contributed by atoms with Crippen molar-refractivity contribution >= 4 is 0 Å². The zero-order chi connectivity index (χ0) is 6.72. The van der Waals surface area contributed by atoms with Crippen LogP contribution >= 0.6 is 0 Å². The first-order valence-electron chi connectivity index (χ1n) is 3.54. The van der Waals surface area contributed by atoms with E-state index >= 15 is 0 Å². The molecule has 5 unspecified atom stereocenters. The fourth-order valence-corrected chi connectivity index (χ4v) is 1.69. The van der Waals surface area contributed by atoms with Crippen molar-refractivity contribution in [2.24, 2.45) is 5.73 Å². The Kier molecular flexibility index (Phi) is 0.840. The molecule has 3 aliphatic rings. The molecule has 0 aliphatic carbocycles. The molecule has 10 heavy (non-hydrogen) atoms. The highest BCUT2D eigenvalue weighted by molar-refractivity contribution is 5.05. The Labute approximate surface area is 58.2 Å². The highest BCUT2D eigenvalue weighted by Gasteiger charge is 2.60. The van der Waals surface area contributed by atoms with Gasteiger partial charge in [0.15, 0.2) is 6.29 Å². The molecule has 2 bridgehead atoms. The fraction of sp³-hybridized carbons (Fsp3) is 1.00. The van der Waals surface area contributed by atoms with Gasteiger partial charge in [0.1, 0.15) is 18.3 Å². The minimum Gasteiger partial charge on any atom is -0.362 e. The van der Waals surface area contributed by atoms with Gasteiger partial charge in [-0.3, -0.25) is 0 Å². The zero-order valence-corrected chi connectivity index (χ0v) is 5.40. The molecule has 3 rings (SSSR count). The predicted molar refractivity (Wildman–Crippen MR) is 31.2 cm³/mol. The molecule has 4 nitrogen and oxygen atoms in total. The van der Waals surface area contributed by atoms with Crippen LogP contribution in [0.25, 0.3) is 0 Å². The van der Waals surface area contributed by atoms with Gasteiger partial charge in [0, 0.05) is 0 Å². The standard InChI is InChI=1S/C6H9NO3/c7-3-2-1-8-6(9-2)5-4(3)10-5/h2-6H,1,7H2. The Morgan fingerprint density at radius 2 is 2.10 bits per heavy atom. The number of rotatable bonds is 0. The van der Waals surface area contributed by atoms with Gasteiger partial charge in [-0.2, -0.15) is 0 Å². The monoisotopic (exact) mass is 143 g/mol. The van der Waals surface area contributed by atoms with Gasteiger partial charge in [0.25, 0.3) is 0 Å². The molecule has 0 aromatic carbocycles. The topological polar surface area (TPSA) is 57.0 Å². The second-order valence-electron chi connectivity index (χ2n) is 3.02.